The lowest BCUT2D eigenvalue weighted by atomic mass is 9.90. The molecule has 0 unspecified atom stereocenters. The van der Waals surface area contributed by atoms with Gasteiger partial charge in [0, 0.05) is 24.2 Å². The van der Waals surface area contributed by atoms with Crippen LogP contribution in [0.2, 0.25) is 0 Å². The Hall–Kier alpha value is -0.930. The highest BCUT2D eigenvalue weighted by molar-refractivity contribution is 5.17. The maximum absolute atomic E-state index is 13.7. The van der Waals surface area contributed by atoms with Gasteiger partial charge in [0.05, 0.1) is 0 Å². The molecule has 1 saturated carbocycles. The summed E-state index contributed by atoms with van der Waals surface area (Å²) in [5.41, 5.74) is 0.807. The van der Waals surface area contributed by atoms with Crippen molar-refractivity contribution in [1.82, 2.24) is 10.2 Å². The molecular weight excluding hydrogens is 251 g/mol. The molecule has 0 aromatic heterocycles. The van der Waals surface area contributed by atoms with Gasteiger partial charge in [-0.3, -0.25) is 4.90 Å². The van der Waals surface area contributed by atoms with Crippen LogP contribution in [-0.2, 0) is 6.54 Å². The molecule has 2 rings (SSSR count). The molecule has 0 saturated heterocycles. The smallest absolute Gasteiger partial charge is 0.127 e. The highest BCUT2D eigenvalue weighted by Crippen LogP contribution is 2.24. The second-order valence-electron chi connectivity index (χ2n) is 5.97. The van der Waals surface area contributed by atoms with E-state index in [1.54, 1.807) is 12.1 Å². The molecule has 20 heavy (non-hydrogen) atoms. The number of nitrogens with zero attached hydrogens (tertiary/aromatic N) is 1. The van der Waals surface area contributed by atoms with Crippen LogP contribution in [0.15, 0.2) is 24.3 Å². The van der Waals surface area contributed by atoms with Crippen molar-refractivity contribution in [2.45, 2.75) is 57.7 Å². The first-order valence-electron chi connectivity index (χ1n) is 7.87. The highest BCUT2D eigenvalue weighted by Gasteiger charge is 2.23. The lowest BCUT2D eigenvalue weighted by Crippen LogP contribution is -2.40. The molecule has 0 spiro atoms. The molecule has 1 aliphatic rings. The van der Waals surface area contributed by atoms with Crippen molar-refractivity contribution < 1.29 is 4.39 Å². The molecule has 0 bridgehead atoms. The average Bonchev–Trinajstić information content (AvgIpc) is 2.48. The summed E-state index contributed by atoms with van der Waals surface area (Å²) < 4.78 is 13.7. The molecule has 0 amide bonds. The van der Waals surface area contributed by atoms with E-state index in [0.717, 1.165) is 12.1 Å². The number of hydrogen-bond donors (Lipinski definition) is 1. The zero-order valence-electron chi connectivity index (χ0n) is 12.7. The van der Waals surface area contributed by atoms with Crippen LogP contribution in [0.1, 0.15) is 44.6 Å². The topological polar surface area (TPSA) is 15.3 Å². The number of benzene rings is 1. The van der Waals surface area contributed by atoms with Gasteiger partial charge in [0.15, 0.2) is 0 Å². The van der Waals surface area contributed by atoms with Gasteiger partial charge in [-0.2, -0.15) is 0 Å². The Bertz CT molecular complexity index is 400. The fraction of sp³-hybridized carbons (Fsp3) is 0.647. The van der Waals surface area contributed by atoms with Gasteiger partial charge in [-0.1, -0.05) is 25.1 Å². The second kappa shape index (κ2) is 7.75. The van der Waals surface area contributed by atoms with Crippen LogP contribution in [0.3, 0.4) is 0 Å². The third-order valence-corrected chi connectivity index (χ3v) is 4.38. The summed E-state index contributed by atoms with van der Waals surface area (Å²) in [7, 11) is 2.12. The van der Waals surface area contributed by atoms with E-state index in [2.05, 4.69) is 24.2 Å². The second-order valence-corrected chi connectivity index (χ2v) is 5.97. The summed E-state index contributed by atoms with van der Waals surface area (Å²) in [4.78, 5) is 2.31. The van der Waals surface area contributed by atoms with E-state index in [9.17, 15) is 4.39 Å². The SMILES string of the molecule is CCCNC1CCC(N(C)Cc2ccccc2F)CC1. The minimum Gasteiger partial charge on any atom is -0.314 e. The van der Waals surface area contributed by atoms with Crippen molar-refractivity contribution in [2.75, 3.05) is 13.6 Å². The van der Waals surface area contributed by atoms with Crippen molar-refractivity contribution in [3.05, 3.63) is 35.6 Å². The average molecular weight is 278 g/mol. The summed E-state index contributed by atoms with van der Waals surface area (Å²) in [6.45, 7) is 4.05. The van der Waals surface area contributed by atoms with Crippen molar-refractivity contribution in [2.24, 2.45) is 0 Å². The number of nitrogens with one attached hydrogen (secondary N) is 1. The van der Waals surface area contributed by atoms with Crippen LogP contribution in [0, 0.1) is 5.82 Å². The first-order valence-corrected chi connectivity index (χ1v) is 7.87. The lowest BCUT2D eigenvalue weighted by molar-refractivity contribution is 0.166. The van der Waals surface area contributed by atoms with Crippen molar-refractivity contribution in [3.8, 4) is 0 Å². The van der Waals surface area contributed by atoms with E-state index < -0.39 is 0 Å². The van der Waals surface area contributed by atoms with E-state index in [1.807, 2.05) is 12.1 Å². The first-order chi connectivity index (χ1) is 9.70. The predicted molar refractivity (Wildman–Crippen MR) is 82.2 cm³/mol. The molecule has 0 heterocycles. The minimum absolute atomic E-state index is 0.0855. The van der Waals surface area contributed by atoms with Gasteiger partial charge in [0.25, 0.3) is 0 Å². The van der Waals surface area contributed by atoms with Crippen molar-refractivity contribution in [3.63, 3.8) is 0 Å². The van der Waals surface area contributed by atoms with E-state index in [1.165, 1.54) is 32.1 Å². The van der Waals surface area contributed by atoms with Gasteiger partial charge in [-0.25, -0.2) is 4.39 Å². The summed E-state index contributed by atoms with van der Waals surface area (Å²) >= 11 is 0. The van der Waals surface area contributed by atoms with Crippen LogP contribution < -0.4 is 5.32 Å². The molecule has 3 heteroatoms. The highest BCUT2D eigenvalue weighted by atomic mass is 19.1. The number of halogens is 1. The van der Waals surface area contributed by atoms with Gasteiger partial charge >= 0.3 is 0 Å². The third-order valence-electron chi connectivity index (χ3n) is 4.38. The van der Waals surface area contributed by atoms with Gasteiger partial charge in [0.2, 0.25) is 0 Å². The molecule has 0 atom stereocenters. The Kier molecular flexibility index (Phi) is 5.99. The molecule has 1 aromatic carbocycles. The summed E-state index contributed by atoms with van der Waals surface area (Å²) in [5.74, 6) is -0.0855. The van der Waals surface area contributed by atoms with Crippen LogP contribution in [0.4, 0.5) is 4.39 Å². The minimum atomic E-state index is -0.0855. The molecule has 1 fully saturated rings. The Morgan fingerprint density at radius 2 is 1.90 bits per heavy atom. The molecular formula is C17H27FN2. The van der Waals surface area contributed by atoms with Gasteiger partial charge in [-0.15, -0.1) is 0 Å². The third kappa shape index (κ3) is 4.29. The zero-order chi connectivity index (χ0) is 14.4. The molecule has 1 N–H and O–H groups in total. The summed E-state index contributed by atoms with van der Waals surface area (Å²) in [6.07, 6.45) is 6.12. The molecule has 0 radical (unpaired) electrons. The maximum Gasteiger partial charge on any atom is 0.127 e. The van der Waals surface area contributed by atoms with E-state index in [0.29, 0.717) is 18.6 Å². The van der Waals surface area contributed by atoms with Gasteiger partial charge in [0.1, 0.15) is 5.82 Å². The van der Waals surface area contributed by atoms with Crippen molar-refractivity contribution >= 4 is 0 Å². The Balaban J connectivity index is 1.80. The van der Waals surface area contributed by atoms with Crippen LogP contribution in [-0.4, -0.2) is 30.6 Å². The van der Waals surface area contributed by atoms with Gasteiger partial charge < -0.3 is 5.32 Å². The normalized spacial score (nSPS) is 23.2. The van der Waals surface area contributed by atoms with E-state index in [4.69, 9.17) is 0 Å². The monoisotopic (exact) mass is 278 g/mol. The van der Waals surface area contributed by atoms with E-state index in [-0.39, 0.29) is 5.82 Å². The number of hydrogen-bond acceptors (Lipinski definition) is 2. The molecule has 2 nitrogen and oxygen atoms in total. The first kappa shape index (κ1) is 15.5. The predicted octanol–water partition coefficient (Wildman–Crippen LogP) is 3.57. The summed E-state index contributed by atoms with van der Waals surface area (Å²) in [5, 5.41) is 3.61. The van der Waals surface area contributed by atoms with Gasteiger partial charge in [-0.05, 0) is 51.8 Å². The largest absolute Gasteiger partial charge is 0.314 e. The Morgan fingerprint density at radius 3 is 2.55 bits per heavy atom. The zero-order valence-corrected chi connectivity index (χ0v) is 12.7. The lowest BCUT2D eigenvalue weighted by Gasteiger charge is -2.35. The quantitative estimate of drug-likeness (QED) is 0.856. The fourth-order valence-corrected chi connectivity index (χ4v) is 3.09. The molecule has 1 aliphatic carbocycles. The van der Waals surface area contributed by atoms with Crippen LogP contribution in [0.25, 0.3) is 0 Å². The van der Waals surface area contributed by atoms with Crippen molar-refractivity contribution in [1.29, 1.82) is 0 Å². The van der Waals surface area contributed by atoms with Crippen LogP contribution >= 0.6 is 0 Å². The fourth-order valence-electron chi connectivity index (χ4n) is 3.09. The summed E-state index contributed by atoms with van der Waals surface area (Å²) in [6, 6.07) is 8.39. The maximum atomic E-state index is 13.7. The molecule has 1 aromatic rings. The van der Waals surface area contributed by atoms with E-state index >= 15 is 0 Å². The Morgan fingerprint density at radius 1 is 1.20 bits per heavy atom. The molecule has 112 valence electrons. The van der Waals surface area contributed by atoms with Crippen LogP contribution in [0.5, 0.6) is 0 Å². The number of rotatable bonds is 6. The Labute approximate surface area is 122 Å². The standard InChI is InChI=1S/C17H27FN2/c1-3-12-19-15-8-10-16(11-9-15)20(2)13-14-6-4-5-7-17(14)18/h4-7,15-16,19H,3,8-13H2,1-2H3. The molecule has 0 aliphatic heterocycles.